The van der Waals surface area contributed by atoms with Crippen molar-refractivity contribution in [2.75, 3.05) is 23.1 Å². The average Bonchev–Trinajstić information content (AvgIpc) is 3.04. The van der Waals surface area contributed by atoms with Crippen molar-refractivity contribution in [3.63, 3.8) is 0 Å². The van der Waals surface area contributed by atoms with Crippen molar-refractivity contribution in [2.24, 2.45) is 5.10 Å². The molecule has 0 aliphatic carbocycles. The van der Waals surface area contributed by atoms with Crippen molar-refractivity contribution in [3.05, 3.63) is 121 Å². The van der Waals surface area contributed by atoms with Gasteiger partial charge in [0.1, 0.15) is 5.82 Å². The molecule has 4 N–H and O–H groups in total. The summed E-state index contributed by atoms with van der Waals surface area (Å²) in [6, 6.07) is 29.9. The Hall–Kier alpha value is -5.13. The predicted molar refractivity (Wildman–Crippen MR) is 167 cm³/mol. The van der Waals surface area contributed by atoms with Crippen molar-refractivity contribution in [1.29, 1.82) is 0 Å². The van der Waals surface area contributed by atoms with E-state index in [9.17, 15) is 8.42 Å². The van der Waals surface area contributed by atoms with Gasteiger partial charge in [-0.15, -0.1) is 0 Å². The second kappa shape index (κ2) is 13.0. The Bertz CT molecular complexity index is 1770. The summed E-state index contributed by atoms with van der Waals surface area (Å²) < 4.78 is 26.6. The van der Waals surface area contributed by atoms with Crippen LogP contribution in [0.3, 0.4) is 0 Å². The van der Waals surface area contributed by atoms with Gasteiger partial charge in [0.2, 0.25) is 16.0 Å². The molecule has 0 unspecified atom stereocenters. The number of hydrogen-bond acceptors (Lipinski definition) is 9. The van der Waals surface area contributed by atoms with Crippen LogP contribution in [0, 0.1) is 0 Å². The van der Waals surface area contributed by atoms with E-state index in [-0.39, 0.29) is 4.90 Å². The van der Waals surface area contributed by atoms with Crippen LogP contribution >= 0.6 is 0 Å². The second-order valence-electron chi connectivity index (χ2n) is 9.23. The molecule has 2 aromatic heterocycles. The third kappa shape index (κ3) is 6.95. The molecule has 5 aromatic rings. The number of rotatable bonds is 11. The second-order valence-corrected chi connectivity index (χ2v) is 11.1. The highest BCUT2D eigenvalue weighted by atomic mass is 32.2. The van der Waals surface area contributed by atoms with Gasteiger partial charge in [-0.3, -0.25) is 10.4 Å². The Morgan fingerprint density at radius 2 is 1.45 bits per heavy atom. The number of hydrogen-bond donors (Lipinski definition) is 4. The van der Waals surface area contributed by atoms with E-state index in [4.69, 9.17) is 9.97 Å². The van der Waals surface area contributed by atoms with Crippen LogP contribution in [-0.2, 0) is 16.6 Å². The molecule has 0 bridgehead atoms. The molecule has 0 aliphatic rings. The number of anilines is 4. The first-order valence-corrected chi connectivity index (χ1v) is 14.7. The van der Waals surface area contributed by atoms with Gasteiger partial charge in [-0.05, 0) is 67.1 Å². The largest absolute Gasteiger partial charge is 0.365 e. The van der Waals surface area contributed by atoms with E-state index >= 15 is 0 Å². The first-order valence-electron chi connectivity index (χ1n) is 13.2. The molecule has 11 heteroatoms. The van der Waals surface area contributed by atoms with Gasteiger partial charge in [0.05, 0.1) is 16.2 Å². The van der Waals surface area contributed by atoms with Crippen LogP contribution in [0.4, 0.5) is 23.3 Å². The van der Waals surface area contributed by atoms with Crippen LogP contribution < -0.4 is 20.8 Å². The van der Waals surface area contributed by atoms with Crippen molar-refractivity contribution in [3.8, 4) is 11.1 Å². The first kappa shape index (κ1) is 28.4. The lowest BCUT2D eigenvalue weighted by Gasteiger charge is -2.17. The van der Waals surface area contributed by atoms with Crippen molar-refractivity contribution in [1.82, 2.24) is 19.7 Å². The topological polar surface area (TPSA) is 133 Å². The molecule has 2 heterocycles. The van der Waals surface area contributed by atoms with E-state index in [0.29, 0.717) is 29.8 Å². The van der Waals surface area contributed by atoms with E-state index in [1.54, 1.807) is 36.7 Å². The predicted octanol–water partition coefficient (Wildman–Crippen LogP) is 5.64. The van der Waals surface area contributed by atoms with Gasteiger partial charge in [0, 0.05) is 24.6 Å². The van der Waals surface area contributed by atoms with Gasteiger partial charge in [0.25, 0.3) is 0 Å². The van der Waals surface area contributed by atoms with Gasteiger partial charge < -0.3 is 10.6 Å². The summed E-state index contributed by atoms with van der Waals surface area (Å²) in [5.74, 6) is 1.49. The maximum Gasteiger partial charge on any atom is 0.240 e. The van der Waals surface area contributed by atoms with Crippen molar-refractivity contribution < 1.29 is 8.42 Å². The normalized spacial score (nSPS) is 11.6. The Morgan fingerprint density at radius 1 is 0.810 bits per heavy atom. The summed E-state index contributed by atoms with van der Waals surface area (Å²) in [5, 5.41) is 11.4. The highest BCUT2D eigenvalue weighted by Crippen LogP contribution is 2.35. The maximum atomic E-state index is 12.1. The molecular formula is C31H30N8O2S. The summed E-state index contributed by atoms with van der Waals surface area (Å²) in [4.78, 5) is 13.9. The Labute approximate surface area is 245 Å². The van der Waals surface area contributed by atoms with Gasteiger partial charge in [-0.1, -0.05) is 60.7 Å². The zero-order valence-electron chi connectivity index (χ0n) is 23.1. The van der Waals surface area contributed by atoms with E-state index in [2.05, 4.69) is 30.9 Å². The lowest BCUT2D eigenvalue weighted by molar-refractivity contribution is 0.588. The minimum atomic E-state index is -3.53. The molecule has 0 saturated heterocycles. The van der Waals surface area contributed by atoms with Crippen molar-refractivity contribution in [2.45, 2.75) is 18.4 Å². The molecular weight excluding hydrogens is 548 g/mol. The van der Waals surface area contributed by atoms with Crippen LogP contribution in [-0.4, -0.2) is 36.1 Å². The smallest absolute Gasteiger partial charge is 0.240 e. The van der Waals surface area contributed by atoms with E-state index in [1.807, 2.05) is 79.7 Å². The number of pyridine rings is 1. The quantitative estimate of drug-likeness (QED) is 0.117. The molecule has 0 saturated carbocycles. The number of para-hydroxylation sites is 1. The molecule has 0 spiro atoms. The molecule has 3 aromatic carbocycles. The monoisotopic (exact) mass is 578 g/mol. The zero-order valence-corrected chi connectivity index (χ0v) is 23.9. The number of sulfonamides is 1. The molecule has 42 heavy (non-hydrogen) atoms. The number of hydrazone groups is 1. The SMILES string of the molecule is CNS(=O)(=O)c1ccc(C(C)=NNc2nc(Nc3ccccc3)nc(NCc3ccncc3)c2-c2ccccc2)cc1. The highest BCUT2D eigenvalue weighted by Gasteiger charge is 2.17. The Balaban J connectivity index is 1.54. The van der Waals surface area contributed by atoms with Crippen molar-refractivity contribution >= 4 is 39.0 Å². The van der Waals surface area contributed by atoms with Crippen LogP contribution in [0.15, 0.2) is 119 Å². The zero-order chi connectivity index (χ0) is 29.4. The summed E-state index contributed by atoms with van der Waals surface area (Å²) in [6.45, 7) is 2.36. The summed E-state index contributed by atoms with van der Waals surface area (Å²) in [7, 11) is -2.15. The molecule has 10 nitrogen and oxygen atoms in total. The van der Waals surface area contributed by atoms with E-state index in [0.717, 1.165) is 27.9 Å². The summed E-state index contributed by atoms with van der Waals surface area (Å²) in [6.07, 6.45) is 3.51. The number of nitrogens with one attached hydrogen (secondary N) is 4. The lowest BCUT2D eigenvalue weighted by atomic mass is 10.1. The van der Waals surface area contributed by atoms with Crippen LogP contribution in [0.5, 0.6) is 0 Å². The molecule has 212 valence electrons. The Kier molecular flexibility index (Phi) is 8.81. The highest BCUT2D eigenvalue weighted by molar-refractivity contribution is 7.89. The maximum absolute atomic E-state index is 12.1. The molecule has 0 fully saturated rings. The average molecular weight is 579 g/mol. The summed E-state index contributed by atoms with van der Waals surface area (Å²) >= 11 is 0. The number of nitrogens with zero attached hydrogens (tertiary/aromatic N) is 4. The minimum absolute atomic E-state index is 0.179. The van der Waals surface area contributed by atoms with Gasteiger partial charge in [-0.25, -0.2) is 13.1 Å². The minimum Gasteiger partial charge on any atom is -0.365 e. The summed E-state index contributed by atoms with van der Waals surface area (Å²) in [5.41, 5.74) is 8.08. The van der Waals surface area contributed by atoms with Gasteiger partial charge >= 0.3 is 0 Å². The molecule has 0 amide bonds. The fourth-order valence-electron chi connectivity index (χ4n) is 4.14. The van der Waals surface area contributed by atoms with Crippen LogP contribution in [0.2, 0.25) is 0 Å². The number of aromatic nitrogens is 3. The van der Waals surface area contributed by atoms with Crippen LogP contribution in [0.1, 0.15) is 18.1 Å². The molecule has 5 rings (SSSR count). The Morgan fingerprint density at radius 3 is 2.12 bits per heavy atom. The fourth-order valence-corrected chi connectivity index (χ4v) is 4.87. The third-order valence-electron chi connectivity index (χ3n) is 6.39. The van der Waals surface area contributed by atoms with Gasteiger partial charge in [-0.2, -0.15) is 15.1 Å². The van der Waals surface area contributed by atoms with Crippen LogP contribution in [0.25, 0.3) is 11.1 Å². The standard InChI is InChI=1S/C31H30N8O2S/c1-22(24-13-15-27(16-14-24)42(40,41)32-2)38-39-30-28(25-9-5-3-6-10-25)29(34-21-23-17-19-33-20-18-23)36-31(37-30)35-26-11-7-4-8-12-26/h3-20,32H,21H2,1-2H3,(H3,34,35,36,37,39). The van der Waals surface area contributed by atoms with E-state index < -0.39 is 10.0 Å². The fraction of sp³-hybridized carbons (Fsp3) is 0.0968. The lowest BCUT2D eigenvalue weighted by Crippen LogP contribution is -2.18. The van der Waals surface area contributed by atoms with Gasteiger partial charge in [0.15, 0.2) is 5.82 Å². The molecule has 0 aliphatic heterocycles. The third-order valence-corrected chi connectivity index (χ3v) is 7.82. The molecule has 0 radical (unpaired) electrons. The molecule has 0 atom stereocenters. The van der Waals surface area contributed by atoms with E-state index in [1.165, 1.54) is 7.05 Å². The number of benzene rings is 3. The first-order chi connectivity index (χ1) is 20.4.